The van der Waals surface area contributed by atoms with Crippen LogP contribution in [0.15, 0.2) is 22.8 Å². The lowest BCUT2D eigenvalue weighted by atomic mass is 10.1. The molecule has 6 heteroatoms. The molecule has 1 aromatic rings. The van der Waals surface area contributed by atoms with Crippen LogP contribution in [0, 0.1) is 11.8 Å². The van der Waals surface area contributed by atoms with Gasteiger partial charge in [-0.2, -0.15) is 0 Å². The van der Waals surface area contributed by atoms with Crippen LogP contribution in [0.4, 0.5) is 4.79 Å². The molecule has 0 bridgehead atoms. The summed E-state index contributed by atoms with van der Waals surface area (Å²) in [6.07, 6.45) is 1.82. The Hall–Kier alpha value is -1.53. The third kappa shape index (κ3) is 5.35. The number of nitrogens with zero attached hydrogens (tertiary/aromatic N) is 1. The summed E-state index contributed by atoms with van der Waals surface area (Å²) in [6, 6.07) is 3.15. The highest BCUT2D eigenvalue weighted by Gasteiger charge is 2.23. The maximum Gasteiger partial charge on any atom is 0.314 e. The monoisotopic (exact) mass is 309 g/mol. The maximum absolute atomic E-state index is 11.8. The average Bonchev–Trinajstić information content (AvgIpc) is 3.13. The van der Waals surface area contributed by atoms with Gasteiger partial charge in [-0.1, -0.05) is 13.8 Å². The zero-order valence-corrected chi connectivity index (χ0v) is 13.4. The Bertz CT molecular complexity index is 447. The van der Waals surface area contributed by atoms with E-state index < -0.39 is 6.10 Å². The van der Waals surface area contributed by atoms with E-state index in [2.05, 4.69) is 29.4 Å². The van der Waals surface area contributed by atoms with Gasteiger partial charge in [0, 0.05) is 19.6 Å². The van der Waals surface area contributed by atoms with Gasteiger partial charge in [-0.05, 0) is 36.9 Å². The van der Waals surface area contributed by atoms with Crippen LogP contribution in [-0.2, 0) is 0 Å². The zero-order chi connectivity index (χ0) is 15.9. The van der Waals surface area contributed by atoms with Gasteiger partial charge in [0.15, 0.2) is 0 Å². The SMILES string of the molecule is CC(C)CN1CCC(CNC(=O)NCC(O)c2ccco2)C1. The molecule has 2 rings (SSSR count). The van der Waals surface area contributed by atoms with E-state index in [0.29, 0.717) is 24.1 Å². The Labute approximate surface area is 131 Å². The first-order chi connectivity index (χ1) is 10.5. The summed E-state index contributed by atoms with van der Waals surface area (Å²) in [4.78, 5) is 14.2. The minimum absolute atomic E-state index is 0.142. The van der Waals surface area contributed by atoms with E-state index in [1.54, 1.807) is 12.1 Å². The number of carbonyl (C=O) groups excluding carboxylic acids is 1. The topological polar surface area (TPSA) is 77.7 Å². The van der Waals surface area contributed by atoms with Crippen LogP contribution in [0.2, 0.25) is 0 Å². The summed E-state index contributed by atoms with van der Waals surface area (Å²) in [5.74, 6) is 1.65. The number of hydrogen-bond donors (Lipinski definition) is 3. The van der Waals surface area contributed by atoms with Gasteiger partial charge < -0.3 is 25.1 Å². The number of urea groups is 1. The average molecular weight is 309 g/mol. The zero-order valence-electron chi connectivity index (χ0n) is 13.4. The van der Waals surface area contributed by atoms with Crippen LogP contribution in [0.25, 0.3) is 0 Å². The van der Waals surface area contributed by atoms with Crippen LogP contribution >= 0.6 is 0 Å². The summed E-state index contributed by atoms with van der Waals surface area (Å²) in [5.41, 5.74) is 0. The van der Waals surface area contributed by atoms with Crippen molar-refractivity contribution >= 4 is 6.03 Å². The van der Waals surface area contributed by atoms with Crippen molar-refractivity contribution in [1.29, 1.82) is 0 Å². The molecule has 2 atom stereocenters. The second-order valence-electron chi connectivity index (χ2n) is 6.43. The number of carbonyl (C=O) groups is 1. The molecule has 22 heavy (non-hydrogen) atoms. The van der Waals surface area contributed by atoms with Crippen molar-refractivity contribution in [2.24, 2.45) is 11.8 Å². The number of nitrogens with one attached hydrogen (secondary N) is 2. The third-order valence-electron chi connectivity index (χ3n) is 3.87. The quantitative estimate of drug-likeness (QED) is 0.715. The molecule has 1 aromatic heterocycles. The van der Waals surface area contributed by atoms with Crippen molar-refractivity contribution in [3.63, 3.8) is 0 Å². The van der Waals surface area contributed by atoms with Gasteiger partial charge in [0.05, 0.1) is 12.8 Å². The van der Waals surface area contributed by atoms with E-state index in [9.17, 15) is 9.90 Å². The van der Waals surface area contributed by atoms with E-state index in [1.807, 2.05) is 0 Å². The minimum Gasteiger partial charge on any atom is -0.467 e. The molecular weight excluding hydrogens is 282 g/mol. The standard InChI is InChI=1S/C16H27N3O3/c1-12(2)10-19-6-5-13(11-19)8-17-16(21)18-9-14(20)15-4-3-7-22-15/h3-4,7,12-14,20H,5-6,8-11H2,1-2H3,(H2,17,18,21). The van der Waals surface area contributed by atoms with Crippen molar-refractivity contribution in [1.82, 2.24) is 15.5 Å². The molecule has 0 saturated carbocycles. The molecule has 6 nitrogen and oxygen atoms in total. The molecule has 0 spiro atoms. The first kappa shape index (κ1) is 16.8. The molecule has 2 amide bonds. The Balaban J connectivity index is 1.60. The van der Waals surface area contributed by atoms with Crippen LogP contribution in [0.3, 0.4) is 0 Å². The van der Waals surface area contributed by atoms with E-state index in [4.69, 9.17) is 4.42 Å². The number of amides is 2. The molecule has 2 heterocycles. The van der Waals surface area contributed by atoms with Gasteiger partial charge >= 0.3 is 6.03 Å². The lowest BCUT2D eigenvalue weighted by Gasteiger charge is -2.18. The summed E-state index contributed by atoms with van der Waals surface area (Å²) < 4.78 is 5.09. The van der Waals surface area contributed by atoms with Crippen molar-refractivity contribution in [3.05, 3.63) is 24.2 Å². The number of furan rings is 1. The molecule has 2 unspecified atom stereocenters. The second kappa shape index (κ2) is 8.19. The smallest absolute Gasteiger partial charge is 0.314 e. The lowest BCUT2D eigenvalue weighted by molar-refractivity contribution is 0.148. The van der Waals surface area contributed by atoms with Crippen molar-refractivity contribution in [2.45, 2.75) is 26.4 Å². The maximum atomic E-state index is 11.8. The number of hydrogen-bond acceptors (Lipinski definition) is 4. The molecule has 1 saturated heterocycles. The Kier molecular flexibility index (Phi) is 6.27. The lowest BCUT2D eigenvalue weighted by Crippen LogP contribution is -2.40. The van der Waals surface area contributed by atoms with Crippen LogP contribution in [0.5, 0.6) is 0 Å². The number of aliphatic hydroxyl groups is 1. The van der Waals surface area contributed by atoms with Gasteiger partial charge in [-0.15, -0.1) is 0 Å². The fourth-order valence-electron chi connectivity index (χ4n) is 2.83. The number of rotatable bonds is 7. The molecular formula is C16H27N3O3. The fraction of sp³-hybridized carbons (Fsp3) is 0.688. The first-order valence-electron chi connectivity index (χ1n) is 8.00. The normalized spacial score (nSPS) is 20.3. The molecule has 3 N–H and O–H groups in total. The van der Waals surface area contributed by atoms with Gasteiger partial charge in [0.25, 0.3) is 0 Å². The van der Waals surface area contributed by atoms with Crippen molar-refractivity contribution in [3.8, 4) is 0 Å². The first-order valence-corrected chi connectivity index (χ1v) is 8.00. The van der Waals surface area contributed by atoms with E-state index in [-0.39, 0.29) is 12.6 Å². The summed E-state index contributed by atoms with van der Waals surface area (Å²) in [5, 5.41) is 15.4. The van der Waals surface area contributed by atoms with E-state index in [1.165, 1.54) is 6.26 Å². The molecule has 124 valence electrons. The molecule has 1 aliphatic heterocycles. The van der Waals surface area contributed by atoms with E-state index >= 15 is 0 Å². The summed E-state index contributed by atoms with van der Waals surface area (Å²) in [7, 11) is 0. The number of aliphatic hydroxyl groups excluding tert-OH is 1. The van der Waals surface area contributed by atoms with Gasteiger partial charge in [0.2, 0.25) is 0 Å². The molecule has 0 radical (unpaired) electrons. The molecule has 0 aliphatic carbocycles. The largest absolute Gasteiger partial charge is 0.467 e. The molecule has 1 fully saturated rings. The molecule has 0 aromatic carbocycles. The summed E-state index contributed by atoms with van der Waals surface area (Å²) >= 11 is 0. The van der Waals surface area contributed by atoms with Crippen LogP contribution in [-0.4, -0.2) is 48.8 Å². The Morgan fingerprint density at radius 1 is 1.50 bits per heavy atom. The Morgan fingerprint density at radius 2 is 2.32 bits per heavy atom. The van der Waals surface area contributed by atoms with E-state index in [0.717, 1.165) is 26.1 Å². The minimum atomic E-state index is -0.811. The van der Waals surface area contributed by atoms with Crippen molar-refractivity contribution < 1.29 is 14.3 Å². The highest BCUT2D eigenvalue weighted by atomic mass is 16.4. The Morgan fingerprint density at radius 3 is 3.00 bits per heavy atom. The predicted molar refractivity (Wildman–Crippen MR) is 84.5 cm³/mol. The summed E-state index contributed by atoms with van der Waals surface area (Å²) in [6.45, 7) is 8.56. The predicted octanol–water partition coefficient (Wildman–Crippen LogP) is 1.59. The van der Waals surface area contributed by atoms with Gasteiger partial charge in [-0.25, -0.2) is 4.79 Å². The highest BCUT2D eigenvalue weighted by Crippen LogP contribution is 2.16. The second-order valence-corrected chi connectivity index (χ2v) is 6.43. The van der Waals surface area contributed by atoms with Gasteiger partial charge in [0.1, 0.15) is 11.9 Å². The van der Waals surface area contributed by atoms with Crippen LogP contribution < -0.4 is 10.6 Å². The highest BCUT2D eigenvalue weighted by molar-refractivity contribution is 5.73. The van der Waals surface area contributed by atoms with Crippen LogP contribution in [0.1, 0.15) is 32.1 Å². The fourth-order valence-corrected chi connectivity index (χ4v) is 2.83. The molecule has 1 aliphatic rings. The third-order valence-corrected chi connectivity index (χ3v) is 3.87. The van der Waals surface area contributed by atoms with Crippen molar-refractivity contribution in [2.75, 3.05) is 32.7 Å². The number of likely N-dealkylation sites (tertiary alicyclic amines) is 1. The van der Waals surface area contributed by atoms with Gasteiger partial charge in [-0.3, -0.25) is 0 Å².